The third-order valence-corrected chi connectivity index (χ3v) is 7.96. The van der Waals surface area contributed by atoms with E-state index in [4.69, 9.17) is 0 Å². The molecule has 0 radical (unpaired) electrons. The summed E-state index contributed by atoms with van der Waals surface area (Å²) in [5, 5.41) is 5.36. The lowest BCUT2D eigenvalue weighted by atomic mass is 9.82. The lowest BCUT2D eigenvalue weighted by molar-refractivity contribution is -0.118. The summed E-state index contributed by atoms with van der Waals surface area (Å²) in [4.78, 5) is 29.9. The summed E-state index contributed by atoms with van der Waals surface area (Å²) in [6.07, 6.45) is 5.18. The summed E-state index contributed by atoms with van der Waals surface area (Å²) < 4.78 is 0.873. The number of hydrogen-bond donors (Lipinski definition) is 1. The van der Waals surface area contributed by atoms with Gasteiger partial charge >= 0.3 is 0 Å². The molecule has 1 fully saturated rings. The Balaban J connectivity index is 1.56. The van der Waals surface area contributed by atoms with E-state index in [2.05, 4.69) is 34.0 Å². The third kappa shape index (κ3) is 5.31. The van der Waals surface area contributed by atoms with Crippen LogP contribution >= 0.6 is 22.6 Å². The van der Waals surface area contributed by atoms with Crippen molar-refractivity contribution >= 4 is 56.6 Å². The van der Waals surface area contributed by atoms with E-state index < -0.39 is 6.04 Å². The Hall–Kier alpha value is -3.19. The van der Waals surface area contributed by atoms with Crippen LogP contribution < -0.4 is 10.2 Å². The smallest absolute Gasteiger partial charge is 0.260 e. The number of anilines is 2. The van der Waals surface area contributed by atoms with Gasteiger partial charge in [0.1, 0.15) is 6.04 Å². The summed E-state index contributed by atoms with van der Waals surface area (Å²) in [6.45, 7) is 0. The van der Waals surface area contributed by atoms with Gasteiger partial charge in [-0.2, -0.15) is 0 Å². The molecule has 1 saturated carbocycles. The fourth-order valence-corrected chi connectivity index (χ4v) is 5.85. The minimum Gasteiger partial charge on any atom is -0.324 e. The fourth-order valence-electron chi connectivity index (χ4n) is 5.23. The molecule has 182 valence electrons. The van der Waals surface area contributed by atoms with Crippen LogP contribution in [0.4, 0.5) is 11.4 Å². The van der Waals surface area contributed by atoms with Gasteiger partial charge in [0.2, 0.25) is 5.91 Å². The minimum absolute atomic E-state index is 0.0877. The van der Waals surface area contributed by atoms with Crippen molar-refractivity contribution in [2.24, 2.45) is 5.92 Å². The maximum atomic E-state index is 14.1. The predicted octanol–water partition coefficient (Wildman–Crippen LogP) is 7.68. The van der Waals surface area contributed by atoms with Gasteiger partial charge in [-0.05, 0) is 88.5 Å². The van der Waals surface area contributed by atoms with Crippen LogP contribution in [0.3, 0.4) is 0 Å². The average Bonchev–Trinajstić information content (AvgIpc) is 2.92. The van der Waals surface area contributed by atoms with E-state index in [1.165, 1.54) is 6.42 Å². The second-order valence-corrected chi connectivity index (χ2v) is 10.5. The summed E-state index contributed by atoms with van der Waals surface area (Å²) >= 11 is 2.20. The van der Waals surface area contributed by atoms with Crippen molar-refractivity contribution < 1.29 is 9.59 Å². The SMILES string of the molecule is O=C(Nc1ccc2ccccc2c1)C(C1CCCCC1)N(C(=O)c1ccccc1I)c1ccccc1. The van der Waals surface area contributed by atoms with Gasteiger partial charge in [0.05, 0.1) is 5.56 Å². The Bertz CT molecular complexity index is 1370. The number of carbonyl (C=O) groups excluding carboxylic acids is 2. The van der Waals surface area contributed by atoms with Crippen molar-refractivity contribution in [3.8, 4) is 0 Å². The van der Waals surface area contributed by atoms with Gasteiger partial charge < -0.3 is 5.32 Å². The zero-order valence-corrected chi connectivity index (χ0v) is 22.2. The molecule has 1 atom stereocenters. The van der Waals surface area contributed by atoms with E-state index in [1.54, 1.807) is 4.90 Å². The Morgan fingerprint density at radius 2 is 1.44 bits per heavy atom. The highest BCUT2D eigenvalue weighted by atomic mass is 127. The van der Waals surface area contributed by atoms with Crippen LogP contribution in [0.2, 0.25) is 0 Å². The number of benzene rings is 4. The summed E-state index contributed by atoms with van der Waals surface area (Å²) in [5.41, 5.74) is 2.10. The van der Waals surface area contributed by atoms with E-state index in [9.17, 15) is 9.59 Å². The monoisotopic (exact) mass is 588 g/mol. The van der Waals surface area contributed by atoms with Crippen LogP contribution in [-0.4, -0.2) is 17.9 Å². The lowest BCUT2D eigenvalue weighted by Crippen LogP contribution is -2.52. The maximum Gasteiger partial charge on any atom is 0.260 e. The van der Waals surface area contributed by atoms with Crippen molar-refractivity contribution in [1.29, 1.82) is 0 Å². The zero-order chi connectivity index (χ0) is 24.9. The zero-order valence-electron chi connectivity index (χ0n) is 20.1. The van der Waals surface area contributed by atoms with Gasteiger partial charge in [0.25, 0.3) is 5.91 Å². The third-order valence-electron chi connectivity index (χ3n) is 7.02. The lowest BCUT2D eigenvalue weighted by Gasteiger charge is -2.38. The number of fused-ring (bicyclic) bond motifs is 1. The Kier molecular flexibility index (Phi) is 7.66. The largest absolute Gasteiger partial charge is 0.324 e. The molecule has 4 nitrogen and oxygen atoms in total. The normalized spacial score (nSPS) is 14.8. The van der Waals surface area contributed by atoms with Crippen LogP contribution in [0.5, 0.6) is 0 Å². The molecule has 1 aliphatic rings. The average molecular weight is 588 g/mol. The van der Waals surface area contributed by atoms with E-state index in [0.717, 1.165) is 51.4 Å². The molecular weight excluding hydrogens is 559 g/mol. The van der Waals surface area contributed by atoms with Crippen molar-refractivity contribution in [2.75, 3.05) is 10.2 Å². The molecular formula is C31H29IN2O2. The van der Waals surface area contributed by atoms with Crippen LogP contribution in [0.15, 0.2) is 97.1 Å². The molecule has 2 amide bonds. The molecule has 1 unspecified atom stereocenters. The summed E-state index contributed by atoms with van der Waals surface area (Å²) in [6, 6.07) is 30.7. The van der Waals surface area contributed by atoms with Crippen LogP contribution in [-0.2, 0) is 4.79 Å². The van der Waals surface area contributed by atoms with Crippen molar-refractivity contribution in [1.82, 2.24) is 0 Å². The highest BCUT2D eigenvalue weighted by molar-refractivity contribution is 14.1. The highest BCUT2D eigenvalue weighted by Gasteiger charge is 2.38. The number of hydrogen-bond acceptors (Lipinski definition) is 2. The number of halogens is 1. The van der Waals surface area contributed by atoms with E-state index in [1.807, 2.05) is 91.0 Å². The molecule has 0 bridgehead atoms. The van der Waals surface area contributed by atoms with Crippen LogP contribution in [0, 0.1) is 9.49 Å². The van der Waals surface area contributed by atoms with Gasteiger partial charge in [-0.3, -0.25) is 14.5 Å². The Morgan fingerprint density at radius 3 is 2.19 bits per heavy atom. The number of para-hydroxylation sites is 1. The standard InChI is InChI=1S/C31H29IN2O2/c32-28-18-10-9-17-27(28)31(36)34(26-15-5-2-6-16-26)29(23-12-3-1-4-13-23)30(35)33-25-20-19-22-11-7-8-14-24(22)21-25/h2,5-11,14-21,23,29H,1,3-4,12-13H2,(H,33,35). The topological polar surface area (TPSA) is 49.4 Å². The molecule has 0 heterocycles. The second kappa shape index (κ2) is 11.2. The van der Waals surface area contributed by atoms with Gasteiger partial charge in [-0.25, -0.2) is 0 Å². The first-order chi connectivity index (χ1) is 17.6. The van der Waals surface area contributed by atoms with Gasteiger partial charge in [0.15, 0.2) is 0 Å². The number of amides is 2. The van der Waals surface area contributed by atoms with Gasteiger partial charge in [0, 0.05) is 14.9 Å². The number of nitrogens with one attached hydrogen (secondary N) is 1. The Labute approximate surface area is 225 Å². The minimum atomic E-state index is -0.609. The van der Waals surface area contributed by atoms with Crippen molar-refractivity contribution in [2.45, 2.75) is 38.1 Å². The molecule has 5 rings (SSSR count). The molecule has 0 saturated heterocycles. The van der Waals surface area contributed by atoms with Crippen molar-refractivity contribution in [3.05, 3.63) is 106 Å². The molecule has 1 N–H and O–H groups in total. The van der Waals surface area contributed by atoms with Crippen LogP contribution in [0.25, 0.3) is 10.8 Å². The summed E-state index contributed by atoms with van der Waals surface area (Å²) in [5.74, 6) is -0.194. The number of rotatable bonds is 6. The second-order valence-electron chi connectivity index (χ2n) is 9.38. The quantitative estimate of drug-likeness (QED) is 0.235. The van der Waals surface area contributed by atoms with Gasteiger partial charge in [-0.15, -0.1) is 0 Å². The van der Waals surface area contributed by atoms with Crippen LogP contribution in [0.1, 0.15) is 42.5 Å². The van der Waals surface area contributed by atoms with Crippen molar-refractivity contribution in [3.63, 3.8) is 0 Å². The highest BCUT2D eigenvalue weighted by Crippen LogP contribution is 2.34. The van der Waals surface area contributed by atoms with E-state index in [-0.39, 0.29) is 17.7 Å². The first-order valence-electron chi connectivity index (χ1n) is 12.5. The molecule has 0 spiro atoms. The number of nitrogens with zero attached hydrogens (tertiary/aromatic N) is 1. The van der Waals surface area contributed by atoms with Gasteiger partial charge in [-0.1, -0.05) is 79.9 Å². The molecule has 5 heteroatoms. The molecule has 1 aliphatic carbocycles. The number of carbonyl (C=O) groups is 2. The molecule has 36 heavy (non-hydrogen) atoms. The maximum absolute atomic E-state index is 14.1. The van der Waals surface area contributed by atoms with E-state index in [0.29, 0.717) is 5.56 Å². The predicted molar refractivity (Wildman–Crippen MR) is 155 cm³/mol. The first-order valence-corrected chi connectivity index (χ1v) is 13.6. The van der Waals surface area contributed by atoms with E-state index >= 15 is 0 Å². The molecule has 0 aliphatic heterocycles. The Morgan fingerprint density at radius 1 is 0.778 bits per heavy atom. The summed E-state index contributed by atoms with van der Waals surface area (Å²) in [7, 11) is 0. The molecule has 4 aromatic rings. The fraction of sp³-hybridized carbons (Fsp3) is 0.226. The molecule has 0 aromatic heterocycles. The molecule has 4 aromatic carbocycles. The first kappa shape index (κ1) is 24.5.